The zero-order valence-corrected chi connectivity index (χ0v) is 9.51. The molecule has 0 aliphatic rings. The largest absolute Gasteiger partial charge is 0.484 e. The molecule has 0 saturated carbocycles. The Morgan fingerprint density at radius 1 is 1.06 bits per heavy atom. The number of rotatable bonds is 6. The van der Waals surface area contributed by atoms with Gasteiger partial charge in [-0.3, -0.25) is 14.4 Å². The van der Waals surface area contributed by atoms with Gasteiger partial charge in [0.25, 0.3) is 11.8 Å². The lowest BCUT2D eigenvalue weighted by Gasteiger charge is -2.05. The van der Waals surface area contributed by atoms with E-state index in [0.29, 0.717) is 11.3 Å². The van der Waals surface area contributed by atoms with Crippen molar-refractivity contribution in [2.75, 3.05) is 13.2 Å². The summed E-state index contributed by atoms with van der Waals surface area (Å²) >= 11 is 0. The molecule has 0 aromatic heterocycles. The van der Waals surface area contributed by atoms with Crippen molar-refractivity contribution in [1.82, 2.24) is 5.32 Å². The molecule has 5 N–H and O–H groups in total. The van der Waals surface area contributed by atoms with Gasteiger partial charge in [0.2, 0.25) is 5.91 Å². The fourth-order valence-electron chi connectivity index (χ4n) is 1.13. The number of primary amides is 2. The van der Waals surface area contributed by atoms with Crippen LogP contribution < -0.4 is 21.5 Å². The average molecular weight is 251 g/mol. The molecule has 1 aromatic carbocycles. The van der Waals surface area contributed by atoms with Gasteiger partial charge in [-0.05, 0) is 24.3 Å². The van der Waals surface area contributed by atoms with Crippen LogP contribution in [0.25, 0.3) is 0 Å². The minimum atomic E-state index is -0.621. The number of amides is 3. The van der Waals surface area contributed by atoms with Gasteiger partial charge in [-0.25, -0.2) is 0 Å². The second kappa shape index (κ2) is 6.24. The smallest absolute Gasteiger partial charge is 0.255 e. The van der Waals surface area contributed by atoms with Crippen molar-refractivity contribution in [2.24, 2.45) is 11.5 Å². The summed E-state index contributed by atoms with van der Waals surface area (Å²) in [7, 11) is 0. The Balaban J connectivity index is 2.56. The lowest BCUT2D eigenvalue weighted by molar-refractivity contribution is -0.120. The van der Waals surface area contributed by atoms with Gasteiger partial charge in [0, 0.05) is 5.56 Å². The lowest BCUT2D eigenvalue weighted by Crippen LogP contribution is -2.33. The number of hydrogen-bond donors (Lipinski definition) is 3. The fraction of sp³-hybridized carbons (Fsp3) is 0.182. The van der Waals surface area contributed by atoms with Crippen LogP contribution in [-0.4, -0.2) is 30.9 Å². The van der Waals surface area contributed by atoms with Crippen LogP contribution >= 0.6 is 0 Å². The molecule has 0 spiro atoms. The Hall–Kier alpha value is -2.57. The number of hydrogen-bond acceptors (Lipinski definition) is 4. The summed E-state index contributed by atoms with van der Waals surface area (Å²) in [5, 5.41) is 2.34. The SMILES string of the molecule is NC(=O)CNC(=O)c1ccc(OCC(N)=O)cc1. The van der Waals surface area contributed by atoms with Gasteiger partial charge in [-0.1, -0.05) is 0 Å². The van der Waals surface area contributed by atoms with Crippen molar-refractivity contribution >= 4 is 17.7 Å². The fourth-order valence-corrected chi connectivity index (χ4v) is 1.13. The van der Waals surface area contributed by atoms with Gasteiger partial charge >= 0.3 is 0 Å². The molecule has 0 saturated heterocycles. The Morgan fingerprint density at radius 2 is 1.67 bits per heavy atom. The predicted molar refractivity (Wildman–Crippen MR) is 62.7 cm³/mol. The molecule has 18 heavy (non-hydrogen) atoms. The van der Waals surface area contributed by atoms with E-state index in [1.165, 1.54) is 24.3 Å². The third kappa shape index (κ3) is 4.52. The summed E-state index contributed by atoms with van der Waals surface area (Å²) in [4.78, 5) is 32.5. The third-order valence-corrected chi connectivity index (χ3v) is 1.92. The van der Waals surface area contributed by atoms with Crippen LogP contribution in [0.4, 0.5) is 0 Å². The molecular weight excluding hydrogens is 238 g/mol. The van der Waals surface area contributed by atoms with Crippen molar-refractivity contribution in [2.45, 2.75) is 0 Å². The number of benzene rings is 1. The van der Waals surface area contributed by atoms with E-state index in [1.54, 1.807) is 0 Å². The Kier molecular flexibility index (Phi) is 4.67. The molecule has 0 bridgehead atoms. The Morgan fingerprint density at radius 3 is 2.17 bits per heavy atom. The molecule has 7 nitrogen and oxygen atoms in total. The first-order valence-electron chi connectivity index (χ1n) is 5.06. The molecule has 96 valence electrons. The minimum absolute atomic E-state index is 0.223. The molecule has 0 fully saturated rings. The second-order valence-electron chi connectivity index (χ2n) is 3.43. The van der Waals surface area contributed by atoms with Gasteiger partial charge in [-0.2, -0.15) is 0 Å². The minimum Gasteiger partial charge on any atom is -0.484 e. The number of carbonyl (C=O) groups is 3. The average Bonchev–Trinajstić information content (AvgIpc) is 2.34. The van der Waals surface area contributed by atoms with Crippen molar-refractivity contribution < 1.29 is 19.1 Å². The number of nitrogens with two attached hydrogens (primary N) is 2. The maximum atomic E-state index is 11.5. The standard InChI is InChI=1S/C11H13N3O4/c12-9(15)5-14-11(17)7-1-3-8(4-2-7)18-6-10(13)16/h1-4H,5-6H2,(H2,12,15)(H2,13,16)(H,14,17). The van der Waals surface area contributed by atoms with E-state index in [9.17, 15) is 14.4 Å². The number of ether oxygens (including phenoxy) is 1. The topological polar surface area (TPSA) is 125 Å². The Bertz CT molecular complexity index is 456. The summed E-state index contributed by atoms with van der Waals surface area (Å²) in [6.45, 7) is -0.452. The molecule has 0 heterocycles. The van der Waals surface area contributed by atoms with Crippen molar-refractivity contribution in [1.29, 1.82) is 0 Å². The van der Waals surface area contributed by atoms with E-state index < -0.39 is 17.7 Å². The summed E-state index contributed by atoms with van der Waals surface area (Å²) < 4.78 is 5.02. The molecule has 0 atom stereocenters. The van der Waals surface area contributed by atoms with E-state index in [2.05, 4.69) is 5.32 Å². The van der Waals surface area contributed by atoms with Crippen LogP contribution in [0, 0.1) is 0 Å². The number of nitrogens with one attached hydrogen (secondary N) is 1. The molecular formula is C11H13N3O4. The van der Waals surface area contributed by atoms with E-state index in [4.69, 9.17) is 16.2 Å². The van der Waals surface area contributed by atoms with E-state index in [1.807, 2.05) is 0 Å². The molecule has 0 aliphatic heterocycles. The first-order chi connectivity index (χ1) is 8.49. The van der Waals surface area contributed by atoms with Crippen LogP contribution in [0.5, 0.6) is 5.75 Å². The van der Waals surface area contributed by atoms with Crippen LogP contribution in [0.1, 0.15) is 10.4 Å². The quantitative estimate of drug-likeness (QED) is 0.585. The van der Waals surface area contributed by atoms with Gasteiger partial charge in [0.15, 0.2) is 6.61 Å². The highest BCUT2D eigenvalue weighted by atomic mass is 16.5. The molecule has 0 aliphatic carbocycles. The van der Waals surface area contributed by atoms with Crippen LogP contribution in [0.2, 0.25) is 0 Å². The van der Waals surface area contributed by atoms with Gasteiger partial charge in [0.05, 0.1) is 6.54 Å². The highest BCUT2D eigenvalue weighted by molar-refractivity contribution is 5.96. The van der Waals surface area contributed by atoms with E-state index in [-0.39, 0.29) is 13.2 Å². The maximum absolute atomic E-state index is 11.5. The monoisotopic (exact) mass is 251 g/mol. The van der Waals surface area contributed by atoms with Gasteiger partial charge in [0.1, 0.15) is 5.75 Å². The zero-order chi connectivity index (χ0) is 13.5. The molecule has 1 rings (SSSR count). The summed E-state index contributed by atoms with van der Waals surface area (Å²) in [5.74, 6) is -1.21. The molecule has 1 aromatic rings. The molecule has 0 radical (unpaired) electrons. The van der Waals surface area contributed by atoms with Crippen LogP contribution in [0.15, 0.2) is 24.3 Å². The summed E-state index contributed by atoms with van der Waals surface area (Å²) in [6.07, 6.45) is 0. The van der Waals surface area contributed by atoms with Crippen LogP contribution in [-0.2, 0) is 9.59 Å². The highest BCUT2D eigenvalue weighted by Gasteiger charge is 2.06. The highest BCUT2D eigenvalue weighted by Crippen LogP contribution is 2.11. The second-order valence-corrected chi connectivity index (χ2v) is 3.43. The Labute approximate surface area is 103 Å². The summed E-state index contributed by atoms with van der Waals surface area (Å²) in [6, 6.07) is 6.02. The van der Waals surface area contributed by atoms with E-state index in [0.717, 1.165) is 0 Å². The van der Waals surface area contributed by atoms with Crippen molar-refractivity contribution in [3.05, 3.63) is 29.8 Å². The third-order valence-electron chi connectivity index (χ3n) is 1.92. The number of carbonyl (C=O) groups excluding carboxylic acids is 3. The van der Waals surface area contributed by atoms with Gasteiger partial charge < -0.3 is 21.5 Å². The predicted octanol–water partition coefficient (Wildman–Crippen LogP) is -1.23. The van der Waals surface area contributed by atoms with E-state index >= 15 is 0 Å². The van der Waals surface area contributed by atoms with Crippen molar-refractivity contribution in [3.8, 4) is 5.75 Å². The first kappa shape index (κ1) is 13.5. The zero-order valence-electron chi connectivity index (χ0n) is 9.51. The molecule has 3 amide bonds. The normalized spacial score (nSPS) is 9.56. The first-order valence-corrected chi connectivity index (χ1v) is 5.06. The lowest BCUT2D eigenvalue weighted by atomic mass is 10.2. The van der Waals surface area contributed by atoms with Gasteiger partial charge in [-0.15, -0.1) is 0 Å². The van der Waals surface area contributed by atoms with Crippen molar-refractivity contribution in [3.63, 3.8) is 0 Å². The maximum Gasteiger partial charge on any atom is 0.255 e. The van der Waals surface area contributed by atoms with Crippen LogP contribution in [0.3, 0.4) is 0 Å². The molecule has 7 heteroatoms. The molecule has 0 unspecified atom stereocenters. The summed E-state index contributed by atoms with van der Waals surface area (Å²) in [5.41, 5.74) is 10.2.